The number of carbonyl (C=O) groups excluding carboxylic acids is 1. The SMILES string of the molecule is Cc1ccc(N([C@@H](C)C(=O)Nc2ccc(CSc3ccccc3)cc2C)S(C)(=O)=O)cc1. The number of anilines is 2. The van der Waals surface area contributed by atoms with E-state index in [-0.39, 0.29) is 5.91 Å². The molecule has 0 aliphatic heterocycles. The van der Waals surface area contributed by atoms with Gasteiger partial charge in [-0.3, -0.25) is 9.10 Å². The minimum Gasteiger partial charge on any atom is -0.324 e. The van der Waals surface area contributed by atoms with E-state index in [1.807, 2.05) is 62.4 Å². The Hall–Kier alpha value is -2.77. The average molecular weight is 469 g/mol. The molecular formula is C25H28N2O3S2. The third-order valence-electron chi connectivity index (χ3n) is 5.07. The predicted octanol–water partition coefficient (Wildman–Crippen LogP) is 5.39. The zero-order valence-electron chi connectivity index (χ0n) is 18.7. The zero-order chi connectivity index (χ0) is 23.3. The molecule has 7 heteroatoms. The zero-order valence-corrected chi connectivity index (χ0v) is 20.3. The van der Waals surface area contributed by atoms with Gasteiger partial charge in [-0.15, -0.1) is 11.8 Å². The Bertz CT molecular complexity index is 1180. The Balaban J connectivity index is 1.72. The van der Waals surface area contributed by atoms with Gasteiger partial charge in [0.25, 0.3) is 0 Å². The summed E-state index contributed by atoms with van der Waals surface area (Å²) >= 11 is 1.75. The maximum Gasteiger partial charge on any atom is 0.248 e. The Morgan fingerprint density at radius 1 is 1.00 bits per heavy atom. The highest BCUT2D eigenvalue weighted by Gasteiger charge is 2.29. The van der Waals surface area contributed by atoms with Gasteiger partial charge >= 0.3 is 0 Å². The summed E-state index contributed by atoms with van der Waals surface area (Å²) in [5, 5.41) is 2.89. The van der Waals surface area contributed by atoms with Crippen molar-refractivity contribution in [3.63, 3.8) is 0 Å². The quantitative estimate of drug-likeness (QED) is 0.450. The van der Waals surface area contributed by atoms with Crippen molar-refractivity contribution in [1.29, 1.82) is 0 Å². The number of hydrogen-bond acceptors (Lipinski definition) is 4. The van der Waals surface area contributed by atoms with Crippen LogP contribution in [0.25, 0.3) is 0 Å². The van der Waals surface area contributed by atoms with Crippen molar-refractivity contribution in [1.82, 2.24) is 0 Å². The Morgan fingerprint density at radius 2 is 1.66 bits per heavy atom. The summed E-state index contributed by atoms with van der Waals surface area (Å²) in [6.45, 7) is 5.46. The van der Waals surface area contributed by atoms with Crippen LogP contribution in [0.5, 0.6) is 0 Å². The summed E-state index contributed by atoms with van der Waals surface area (Å²) in [6.07, 6.45) is 1.11. The van der Waals surface area contributed by atoms with Crippen LogP contribution in [0.3, 0.4) is 0 Å². The predicted molar refractivity (Wildman–Crippen MR) is 134 cm³/mol. The number of carbonyl (C=O) groups is 1. The molecule has 0 heterocycles. The van der Waals surface area contributed by atoms with E-state index in [0.29, 0.717) is 11.4 Å². The smallest absolute Gasteiger partial charge is 0.248 e. The molecule has 3 aromatic carbocycles. The number of aryl methyl sites for hydroxylation is 2. The van der Waals surface area contributed by atoms with E-state index in [1.165, 1.54) is 4.90 Å². The summed E-state index contributed by atoms with van der Waals surface area (Å²) in [5.41, 5.74) is 4.23. The van der Waals surface area contributed by atoms with Crippen LogP contribution in [0.15, 0.2) is 77.7 Å². The molecule has 0 radical (unpaired) electrons. The van der Waals surface area contributed by atoms with Crippen molar-refractivity contribution in [2.24, 2.45) is 0 Å². The summed E-state index contributed by atoms with van der Waals surface area (Å²) in [4.78, 5) is 14.2. The van der Waals surface area contributed by atoms with Gasteiger partial charge in [-0.25, -0.2) is 8.42 Å². The Morgan fingerprint density at radius 3 is 2.25 bits per heavy atom. The normalized spacial score (nSPS) is 12.2. The number of thioether (sulfide) groups is 1. The molecule has 5 nitrogen and oxygen atoms in total. The van der Waals surface area contributed by atoms with Crippen LogP contribution < -0.4 is 9.62 Å². The van der Waals surface area contributed by atoms with E-state index >= 15 is 0 Å². The second-order valence-electron chi connectivity index (χ2n) is 7.81. The fraction of sp³-hybridized carbons (Fsp3) is 0.240. The van der Waals surface area contributed by atoms with Crippen LogP contribution in [-0.2, 0) is 20.6 Å². The summed E-state index contributed by atoms with van der Waals surface area (Å²) < 4.78 is 26.1. The van der Waals surface area contributed by atoms with Gasteiger partial charge in [-0.2, -0.15) is 0 Å². The van der Waals surface area contributed by atoms with Crippen molar-refractivity contribution in [2.75, 3.05) is 15.9 Å². The van der Waals surface area contributed by atoms with Crippen molar-refractivity contribution in [3.05, 3.63) is 89.5 Å². The molecule has 168 valence electrons. The van der Waals surface area contributed by atoms with Gasteiger partial charge in [-0.05, 0) is 62.2 Å². The summed E-state index contributed by atoms with van der Waals surface area (Å²) in [5.74, 6) is 0.440. The van der Waals surface area contributed by atoms with Crippen molar-refractivity contribution < 1.29 is 13.2 Å². The van der Waals surface area contributed by atoms with Gasteiger partial charge in [0, 0.05) is 16.3 Å². The molecule has 0 unspecified atom stereocenters. The van der Waals surface area contributed by atoms with Crippen LogP contribution in [0, 0.1) is 13.8 Å². The first-order valence-corrected chi connectivity index (χ1v) is 13.1. The molecular weight excluding hydrogens is 440 g/mol. The van der Waals surface area contributed by atoms with Crippen LogP contribution in [-0.4, -0.2) is 26.6 Å². The Kier molecular flexibility index (Phi) is 7.64. The number of benzene rings is 3. The van der Waals surface area contributed by atoms with Crippen LogP contribution in [0.2, 0.25) is 0 Å². The standard InChI is InChI=1S/C25H28N2O3S2/c1-18-10-13-22(14-11-18)27(32(4,29)30)20(3)25(28)26-24-15-12-21(16-19(24)2)17-31-23-8-6-5-7-9-23/h5-16,20H,17H2,1-4H3,(H,26,28)/t20-/m0/s1. The highest BCUT2D eigenvalue weighted by atomic mass is 32.2. The lowest BCUT2D eigenvalue weighted by Gasteiger charge is -2.28. The minimum absolute atomic E-state index is 0.384. The maximum atomic E-state index is 13.0. The maximum absolute atomic E-state index is 13.0. The molecule has 0 aliphatic carbocycles. The van der Waals surface area contributed by atoms with E-state index in [4.69, 9.17) is 0 Å². The van der Waals surface area contributed by atoms with Crippen LogP contribution >= 0.6 is 11.8 Å². The fourth-order valence-electron chi connectivity index (χ4n) is 3.38. The number of nitrogens with one attached hydrogen (secondary N) is 1. The molecule has 32 heavy (non-hydrogen) atoms. The molecule has 0 saturated heterocycles. The molecule has 0 saturated carbocycles. The lowest BCUT2D eigenvalue weighted by molar-refractivity contribution is -0.116. The minimum atomic E-state index is -3.65. The lowest BCUT2D eigenvalue weighted by atomic mass is 10.1. The monoisotopic (exact) mass is 468 g/mol. The van der Waals surface area contributed by atoms with E-state index < -0.39 is 16.1 Å². The largest absolute Gasteiger partial charge is 0.324 e. The van der Waals surface area contributed by atoms with Gasteiger partial charge in [0.1, 0.15) is 6.04 Å². The summed E-state index contributed by atoms with van der Waals surface area (Å²) in [7, 11) is -3.65. The number of hydrogen-bond donors (Lipinski definition) is 1. The van der Waals surface area contributed by atoms with Gasteiger partial charge in [0.2, 0.25) is 15.9 Å². The van der Waals surface area contributed by atoms with Crippen molar-refractivity contribution in [3.8, 4) is 0 Å². The molecule has 0 bridgehead atoms. The topological polar surface area (TPSA) is 66.5 Å². The number of amides is 1. The van der Waals surface area contributed by atoms with Gasteiger partial charge in [0.05, 0.1) is 11.9 Å². The fourth-order valence-corrected chi connectivity index (χ4v) is 5.41. The molecule has 0 aliphatic rings. The van der Waals surface area contributed by atoms with E-state index in [9.17, 15) is 13.2 Å². The molecule has 1 N–H and O–H groups in total. The van der Waals surface area contributed by atoms with Crippen LogP contribution in [0.1, 0.15) is 23.6 Å². The molecule has 0 spiro atoms. The van der Waals surface area contributed by atoms with Crippen molar-refractivity contribution in [2.45, 2.75) is 37.5 Å². The number of nitrogens with zero attached hydrogens (tertiary/aromatic N) is 1. The first kappa shape index (κ1) is 23.9. The highest BCUT2D eigenvalue weighted by molar-refractivity contribution is 7.98. The molecule has 1 amide bonds. The van der Waals surface area contributed by atoms with Crippen molar-refractivity contribution >= 4 is 39.1 Å². The molecule has 0 aromatic heterocycles. The summed E-state index contributed by atoms with van der Waals surface area (Å²) in [6, 6.07) is 22.3. The van der Waals surface area contributed by atoms with Gasteiger partial charge < -0.3 is 5.32 Å². The molecule has 0 fully saturated rings. The number of rotatable bonds is 8. The molecule has 3 rings (SSSR count). The third-order valence-corrected chi connectivity index (χ3v) is 7.40. The molecule has 1 atom stereocenters. The Labute approximate surface area is 194 Å². The van der Waals surface area contributed by atoms with Crippen LogP contribution in [0.4, 0.5) is 11.4 Å². The van der Waals surface area contributed by atoms with Gasteiger partial charge in [0.15, 0.2) is 0 Å². The van der Waals surface area contributed by atoms with E-state index in [2.05, 4.69) is 17.4 Å². The molecule has 3 aromatic rings. The first-order chi connectivity index (χ1) is 15.1. The lowest BCUT2D eigenvalue weighted by Crippen LogP contribution is -2.45. The van der Waals surface area contributed by atoms with E-state index in [0.717, 1.165) is 33.0 Å². The second-order valence-corrected chi connectivity index (χ2v) is 10.7. The van der Waals surface area contributed by atoms with Gasteiger partial charge in [-0.1, -0.05) is 48.0 Å². The second kappa shape index (κ2) is 10.2. The highest BCUT2D eigenvalue weighted by Crippen LogP contribution is 2.26. The first-order valence-electron chi connectivity index (χ1n) is 10.3. The number of sulfonamides is 1. The average Bonchev–Trinajstić information content (AvgIpc) is 2.75. The van der Waals surface area contributed by atoms with E-state index in [1.54, 1.807) is 30.8 Å². The third kappa shape index (κ3) is 6.14.